The quantitative estimate of drug-likeness (QED) is 0.312. The van der Waals surface area contributed by atoms with Gasteiger partial charge in [-0.25, -0.2) is 13.2 Å². The second-order valence-electron chi connectivity index (χ2n) is 9.68. The minimum Gasteiger partial charge on any atom is -0.480 e. The third-order valence-corrected chi connectivity index (χ3v) is 8.01. The van der Waals surface area contributed by atoms with Crippen molar-refractivity contribution in [2.75, 3.05) is 10.9 Å². The number of aromatic nitrogens is 3. The van der Waals surface area contributed by atoms with E-state index in [-0.39, 0.29) is 27.2 Å². The fourth-order valence-corrected chi connectivity index (χ4v) is 6.67. The predicted octanol–water partition coefficient (Wildman–Crippen LogP) is 4.77. The third kappa shape index (κ3) is 5.87. The minimum absolute atomic E-state index is 0.102. The van der Waals surface area contributed by atoms with Crippen molar-refractivity contribution in [3.63, 3.8) is 0 Å². The summed E-state index contributed by atoms with van der Waals surface area (Å²) < 4.78 is 30.6. The van der Waals surface area contributed by atoms with Gasteiger partial charge >= 0.3 is 5.97 Å². The van der Waals surface area contributed by atoms with E-state index in [0.29, 0.717) is 22.4 Å². The van der Waals surface area contributed by atoms with Crippen molar-refractivity contribution in [3.05, 3.63) is 76.5 Å². The first-order valence-electron chi connectivity index (χ1n) is 11.6. The molecule has 4 aromatic rings. The summed E-state index contributed by atoms with van der Waals surface area (Å²) in [6, 6.07) is 12.4. The van der Waals surface area contributed by atoms with E-state index >= 15 is 0 Å². The summed E-state index contributed by atoms with van der Waals surface area (Å²) in [5, 5.41) is 28.1. The second-order valence-corrected chi connectivity index (χ2v) is 12.4. The maximum atomic E-state index is 14.0. The van der Waals surface area contributed by atoms with Gasteiger partial charge in [-0.1, -0.05) is 49.9 Å². The number of hydrogen-bond donors (Lipinski definition) is 2. The van der Waals surface area contributed by atoms with Crippen LogP contribution in [0.15, 0.2) is 65.7 Å². The molecule has 1 unspecified atom stereocenters. The molecule has 0 radical (unpaired) electrons. The monoisotopic (exact) mass is 586 g/mol. The number of aliphatic hydroxyl groups excluding tert-OH is 1. The topological polar surface area (TPSA) is 126 Å². The largest absolute Gasteiger partial charge is 0.480 e. The highest BCUT2D eigenvalue weighted by molar-refractivity contribution is 7.93. The molecule has 39 heavy (non-hydrogen) atoms. The molecule has 0 aliphatic heterocycles. The van der Waals surface area contributed by atoms with Crippen molar-refractivity contribution >= 4 is 55.8 Å². The van der Waals surface area contributed by atoms with E-state index < -0.39 is 27.4 Å². The Hall–Kier alpha value is -3.62. The zero-order chi connectivity index (χ0) is 28.5. The van der Waals surface area contributed by atoms with Gasteiger partial charge in [0.25, 0.3) is 10.0 Å². The number of benzene rings is 2. The molecule has 0 saturated heterocycles. The van der Waals surface area contributed by atoms with Gasteiger partial charge in [-0.3, -0.25) is 8.87 Å². The lowest BCUT2D eigenvalue weighted by atomic mass is 9.86. The number of anilines is 1. The Kier molecular flexibility index (Phi) is 7.91. The summed E-state index contributed by atoms with van der Waals surface area (Å²) in [6.45, 7) is 4.67. The van der Waals surface area contributed by atoms with Crippen LogP contribution in [0.3, 0.4) is 0 Å². The van der Waals surface area contributed by atoms with Gasteiger partial charge in [0, 0.05) is 21.6 Å². The molecule has 0 spiro atoms. The number of carbonyl (C=O) groups is 1. The summed E-state index contributed by atoms with van der Waals surface area (Å²) in [7, 11) is -4.43. The van der Waals surface area contributed by atoms with E-state index in [1.165, 1.54) is 18.2 Å². The molecule has 2 aromatic heterocycles. The van der Waals surface area contributed by atoms with Crippen LogP contribution in [0.5, 0.6) is 0 Å². The number of carboxylic acids is 1. The Balaban J connectivity index is 1.87. The van der Waals surface area contributed by atoms with Crippen LogP contribution in [0.2, 0.25) is 10.0 Å². The number of carboxylic acid groups (broad SMARTS) is 1. The Morgan fingerprint density at radius 2 is 1.74 bits per heavy atom. The van der Waals surface area contributed by atoms with Crippen LogP contribution >= 0.6 is 23.2 Å². The molecular formula is C27H24Cl2N4O5S. The molecule has 1 atom stereocenters. The van der Waals surface area contributed by atoms with Crippen LogP contribution in [0.4, 0.5) is 5.69 Å². The molecule has 12 heteroatoms. The van der Waals surface area contributed by atoms with Gasteiger partial charge in [0.15, 0.2) is 5.82 Å². The molecule has 0 bridgehead atoms. The Labute approximate surface area is 235 Å². The molecule has 202 valence electrons. The number of hydrogen-bond acceptors (Lipinski definition) is 6. The normalized spacial score (nSPS) is 12.6. The van der Waals surface area contributed by atoms with Gasteiger partial charge in [0.2, 0.25) is 0 Å². The number of aliphatic carboxylic acids is 1. The predicted molar refractivity (Wildman–Crippen MR) is 150 cm³/mol. The Morgan fingerprint density at radius 1 is 1.05 bits per heavy atom. The maximum Gasteiger partial charge on any atom is 0.328 e. The molecule has 0 aliphatic rings. The zero-order valence-electron chi connectivity index (χ0n) is 21.1. The first-order valence-corrected chi connectivity index (χ1v) is 13.8. The zero-order valence-corrected chi connectivity index (χ0v) is 23.5. The SMILES string of the molecule is CC(C)(C)C(C(=O)O)N(c1ccc2c(ccn2-c2ccc(C#CCO)nn2)c1)S(=O)(=O)c1cc(Cl)cc(Cl)c1. The molecule has 0 amide bonds. The molecule has 4 rings (SSSR count). The average Bonchev–Trinajstić information content (AvgIpc) is 3.27. The highest BCUT2D eigenvalue weighted by atomic mass is 35.5. The van der Waals surface area contributed by atoms with Crippen LogP contribution in [0.25, 0.3) is 16.7 Å². The van der Waals surface area contributed by atoms with Crippen molar-refractivity contribution in [3.8, 4) is 17.7 Å². The van der Waals surface area contributed by atoms with Crippen molar-refractivity contribution in [2.45, 2.75) is 31.7 Å². The molecule has 2 heterocycles. The molecular weight excluding hydrogens is 563 g/mol. The van der Waals surface area contributed by atoms with Crippen LogP contribution in [0, 0.1) is 17.3 Å². The van der Waals surface area contributed by atoms with E-state index in [2.05, 4.69) is 22.0 Å². The summed E-state index contributed by atoms with van der Waals surface area (Å²) in [4.78, 5) is 12.3. The highest BCUT2D eigenvalue weighted by Gasteiger charge is 2.43. The number of nitrogens with zero attached hydrogens (tertiary/aromatic N) is 4. The first kappa shape index (κ1) is 28.4. The van der Waals surface area contributed by atoms with Crippen LogP contribution in [-0.2, 0) is 14.8 Å². The van der Waals surface area contributed by atoms with Gasteiger partial charge in [-0.15, -0.1) is 10.2 Å². The Morgan fingerprint density at radius 3 is 2.31 bits per heavy atom. The molecule has 2 aromatic carbocycles. The van der Waals surface area contributed by atoms with Gasteiger partial charge < -0.3 is 10.2 Å². The van der Waals surface area contributed by atoms with Crippen LogP contribution in [0.1, 0.15) is 26.5 Å². The van der Waals surface area contributed by atoms with Gasteiger partial charge in [-0.05, 0) is 65.9 Å². The standard InChI is InChI=1S/C27H24Cl2N4O5S/c1-27(2,3)25(26(35)36)33(39(37,38)22-15-18(28)14-19(29)16-22)21-7-8-23-17(13-21)10-11-32(23)24-9-6-20(30-31-24)5-4-12-34/h6-11,13-16,25,34H,12H2,1-3H3,(H,35,36). The summed E-state index contributed by atoms with van der Waals surface area (Å²) in [5.41, 5.74) is 0.251. The number of aliphatic hydroxyl groups is 1. The van der Waals surface area contributed by atoms with E-state index in [0.717, 1.165) is 4.31 Å². The highest BCUT2D eigenvalue weighted by Crippen LogP contribution is 2.37. The number of sulfonamides is 1. The number of rotatable bonds is 6. The van der Waals surface area contributed by atoms with Crippen molar-refractivity contribution < 1.29 is 23.4 Å². The minimum atomic E-state index is -4.43. The van der Waals surface area contributed by atoms with E-state index in [4.69, 9.17) is 28.3 Å². The molecule has 9 nitrogen and oxygen atoms in total. The summed E-state index contributed by atoms with van der Waals surface area (Å²) >= 11 is 12.2. The Bertz CT molecular complexity index is 1700. The average molecular weight is 587 g/mol. The second kappa shape index (κ2) is 10.9. The van der Waals surface area contributed by atoms with Gasteiger partial charge in [-0.2, -0.15) is 0 Å². The number of halogens is 2. The summed E-state index contributed by atoms with van der Waals surface area (Å²) in [6.07, 6.45) is 1.74. The van der Waals surface area contributed by atoms with Gasteiger partial charge in [0.1, 0.15) is 18.3 Å². The third-order valence-electron chi connectivity index (χ3n) is 5.80. The molecule has 2 N–H and O–H groups in total. The fourth-order valence-electron chi connectivity index (χ4n) is 4.16. The lowest BCUT2D eigenvalue weighted by molar-refractivity contribution is -0.140. The maximum absolute atomic E-state index is 14.0. The van der Waals surface area contributed by atoms with Crippen molar-refractivity contribution in [1.82, 2.24) is 14.8 Å². The van der Waals surface area contributed by atoms with E-state index in [1.807, 2.05) is 0 Å². The van der Waals surface area contributed by atoms with Crippen molar-refractivity contribution in [2.24, 2.45) is 5.41 Å². The number of fused-ring (bicyclic) bond motifs is 1. The van der Waals surface area contributed by atoms with Gasteiger partial charge in [0.05, 0.1) is 16.1 Å². The summed E-state index contributed by atoms with van der Waals surface area (Å²) in [5.74, 6) is 4.37. The fraction of sp³-hybridized carbons (Fsp3) is 0.222. The lowest BCUT2D eigenvalue weighted by Crippen LogP contribution is -2.52. The van der Waals surface area contributed by atoms with Crippen molar-refractivity contribution in [1.29, 1.82) is 0 Å². The van der Waals surface area contributed by atoms with E-state index in [9.17, 15) is 18.3 Å². The molecule has 0 saturated carbocycles. The van der Waals surface area contributed by atoms with Crippen LogP contribution in [-0.4, -0.2) is 52.0 Å². The van der Waals surface area contributed by atoms with E-state index in [1.54, 1.807) is 67.9 Å². The molecule has 0 aliphatic carbocycles. The lowest BCUT2D eigenvalue weighted by Gasteiger charge is -2.37. The molecule has 0 fully saturated rings. The smallest absolute Gasteiger partial charge is 0.328 e. The van der Waals surface area contributed by atoms with Crippen LogP contribution < -0.4 is 4.31 Å². The first-order chi connectivity index (χ1) is 18.3.